The average Bonchev–Trinajstić information content (AvgIpc) is 2.68. The topological polar surface area (TPSA) is 39.2 Å². The molecule has 2 aliphatic rings. The summed E-state index contributed by atoms with van der Waals surface area (Å²) in [7, 11) is 1.49. The lowest BCUT2D eigenvalue weighted by atomic mass is 9.67. The molecule has 27 heavy (non-hydrogen) atoms. The van der Waals surface area contributed by atoms with E-state index in [2.05, 4.69) is 30.1 Å². The normalized spacial score (nSPS) is 23.4. The number of nitrogens with zero attached hydrogens (tertiary/aromatic N) is 1. The Morgan fingerprint density at radius 1 is 1.19 bits per heavy atom. The van der Waals surface area contributed by atoms with Gasteiger partial charge in [-0.15, -0.1) is 0 Å². The second kappa shape index (κ2) is 10.4. The van der Waals surface area contributed by atoms with Gasteiger partial charge in [-0.2, -0.15) is 0 Å². The third-order valence-corrected chi connectivity index (χ3v) is 5.85. The Bertz CT molecular complexity index is 785. The molecule has 2 saturated carbocycles. The molecule has 1 aromatic heterocycles. The molecule has 2 aliphatic carbocycles. The molecule has 1 unspecified atom stereocenters. The molecule has 0 aromatic carbocycles. The number of carbonyl (C=O) groups is 1. The highest BCUT2D eigenvalue weighted by Gasteiger charge is 2.34. The minimum Gasteiger partial charge on any atom is -0.469 e. The first-order valence-electron chi connectivity index (χ1n) is 10.5. The van der Waals surface area contributed by atoms with Crippen molar-refractivity contribution in [1.29, 1.82) is 0 Å². The minimum absolute atomic E-state index is 0.0939. The Morgan fingerprint density at radius 2 is 1.93 bits per heavy atom. The molecule has 0 N–H and O–H groups in total. The van der Waals surface area contributed by atoms with Crippen molar-refractivity contribution in [3.05, 3.63) is 39.5 Å². The van der Waals surface area contributed by atoms with Crippen LogP contribution in [0.25, 0.3) is 12.2 Å². The summed E-state index contributed by atoms with van der Waals surface area (Å²) in [6.07, 6.45) is 13.9. The fourth-order valence-electron chi connectivity index (χ4n) is 4.38. The maximum absolute atomic E-state index is 12.0. The van der Waals surface area contributed by atoms with Gasteiger partial charge in [0.15, 0.2) is 0 Å². The molecule has 1 aromatic rings. The van der Waals surface area contributed by atoms with Crippen LogP contribution >= 0.6 is 0 Å². The first-order chi connectivity index (χ1) is 13.2. The van der Waals surface area contributed by atoms with Crippen molar-refractivity contribution >= 4 is 18.1 Å². The van der Waals surface area contributed by atoms with Gasteiger partial charge < -0.3 is 4.74 Å². The van der Waals surface area contributed by atoms with Crippen LogP contribution in [-0.4, -0.2) is 18.1 Å². The molecule has 3 heteroatoms. The van der Waals surface area contributed by atoms with Crippen LogP contribution in [0.15, 0.2) is 23.4 Å². The van der Waals surface area contributed by atoms with E-state index in [0.717, 1.165) is 11.8 Å². The van der Waals surface area contributed by atoms with Crippen molar-refractivity contribution < 1.29 is 9.53 Å². The highest BCUT2D eigenvalue weighted by atomic mass is 16.5. The van der Waals surface area contributed by atoms with Gasteiger partial charge in [-0.1, -0.05) is 37.1 Å². The summed E-state index contributed by atoms with van der Waals surface area (Å²) in [6.45, 7) is 8.09. The molecule has 3 rings (SSSR count). The molecule has 148 valence electrons. The average molecular weight is 370 g/mol. The minimum atomic E-state index is -0.0939. The zero-order chi connectivity index (χ0) is 19.8. The summed E-state index contributed by atoms with van der Waals surface area (Å²) in [4.78, 5) is 16.7. The Balaban J connectivity index is 0.00000126. The van der Waals surface area contributed by atoms with Gasteiger partial charge >= 0.3 is 5.97 Å². The summed E-state index contributed by atoms with van der Waals surface area (Å²) in [5.74, 6) is 0.552. The zero-order valence-corrected chi connectivity index (χ0v) is 17.7. The van der Waals surface area contributed by atoms with Crippen molar-refractivity contribution in [2.75, 3.05) is 7.11 Å². The van der Waals surface area contributed by atoms with Crippen molar-refractivity contribution in [2.24, 2.45) is 5.92 Å². The third kappa shape index (κ3) is 4.88. The monoisotopic (exact) mass is 369 g/mol. The smallest absolute Gasteiger partial charge is 0.305 e. The maximum Gasteiger partial charge on any atom is 0.305 e. The standard InChI is InChI=1S/C22H29NO2.C2H6/c1-4-15-12-18(14-23-20(15)5-2)22-17(13-21(24)25-3)10-7-11-19(22)16-8-6-9-16;1-2/h4-5,12,14,17,22H,6-11,13H2,1-3H3;1-2H3/b15-4-,20-5+;/t17?,22-;/m1./s1. The number of allylic oxidation sites excluding steroid dienone is 2. The Labute approximate surface area is 164 Å². The number of carbonyl (C=O) groups excluding carboxylic acids is 1. The van der Waals surface area contributed by atoms with Crippen molar-refractivity contribution in [3.8, 4) is 0 Å². The molecule has 0 bridgehead atoms. The molecule has 2 atom stereocenters. The van der Waals surface area contributed by atoms with E-state index >= 15 is 0 Å². The predicted octanol–water partition coefficient (Wildman–Crippen LogP) is 4.64. The first-order valence-corrected chi connectivity index (χ1v) is 10.5. The lowest BCUT2D eigenvalue weighted by Gasteiger charge is -2.37. The molecule has 2 fully saturated rings. The van der Waals surface area contributed by atoms with Crippen LogP contribution in [0.5, 0.6) is 0 Å². The number of aromatic nitrogens is 1. The SMILES string of the molecule is C/C=c1/cc([C@@H]2C(=C3CCC3)CCCC2CC(=O)OC)cn/c1=C/C.CC. The number of hydrogen-bond donors (Lipinski definition) is 0. The van der Waals surface area contributed by atoms with Crippen molar-refractivity contribution in [3.63, 3.8) is 0 Å². The van der Waals surface area contributed by atoms with E-state index < -0.39 is 0 Å². The van der Waals surface area contributed by atoms with Gasteiger partial charge in [0.05, 0.1) is 12.5 Å². The van der Waals surface area contributed by atoms with Gasteiger partial charge in [-0.3, -0.25) is 9.78 Å². The van der Waals surface area contributed by atoms with E-state index in [-0.39, 0.29) is 5.97 Å². The van der Waals surface area contributed by atoms with E-state index in [1.165, 1.54) is 50.0 Å². The summed E-state index contributed by atoms with van der Waals surface area (Å²) >= 11 is 0. The van der Waals surface area contributed by atoms with E-state index in [0.29, 0.717) is 18.3 Å². The van der Waals surface area contributed by atoms with E-state index in [1.807, 2.05) is 27.0 Å². The lowest BCUT2D eigenvalue weighted by molar-refractivity contribution is -0.142. The highest BCUT2D eigenvalue weighted by Crippen LogP contribution is 2.47. The molecule has 0 saturated heterocycles. The van der Waals surface area contributed by atoms with E-state index in [9.17, 15) is 4.79 Å². The van der Waals surface area contributed by atoms with Crippen molar-refractivity contribution in [2.45, 2.75) is 78.6 Å². The second-order valence-electron chi connectivity index (χ2n) is 7.21. The van der Waals surface area contributed by atoms with Gasteiger partial charge in [0.25, 0.3) is 0 Å². The predicted molar refractivity (Wildman–Crippen MR) is 113 cm³/mol. The molecule has 1 heterocycles. The largest absolute Gasteiger partial charge is 0.469 e. The fraction of sp³-hybridized carbons (Fsp3) is 0.583. The number of esters is 1. The summed E-state index contributed by atoms with van der Waals surface area (Å²) in [5.41, 5.74) is 4.48. The quantitative estimate of drug-likeness (QED) is 0.576. The van der Waals surface area contributed by atoms with Gasteiger partial charge in [-0.25, -0.2) is 0 Å². The fourth-order valence-corrected chi connectivity index (χ4v) is 4.38. The number of pyridine rings is 1. The Hall–Kier alpha value is -1.90. The second-order valence-corrected chi connectivity index (χ2v) is 7.21. The third-order valence-electron chi connectivity index (χ3n) is 5.85. The van der Waals surface area contributed by atoms with Gasteiger partial charge in [0.1, 0.15) is 0 Å². The summed E-state index contributed by atoms with van der Waals surface area (Å²) in [5, 5.41) is 2.21. The Morgan fingerprint density at radius 3 is 2.48 bits per heavy atom. The van der Waals surface area contributed by atoms with Crippen LogP contribution < -0.4 is 10.6 Å². The first kappa shape index (κ1) is 21.4. The van der Waals surface area contributed by atoms with Crippen LogP contribution in [0.2, 0.25) is 0 Å². The lowest BCUT2D eigenvalue weighted by Crippen LogP contribution is -2.31. The maximum atomic E-state index is 12.0. The van der Waals surface area contributed by atoms with Gasteiger partial charge in [-0.05, 0) is 75.1 Å². The molecule has 0 amide bonds. The molecule has 0 radical (unpaired) electrons. The molecule has 3 nitrogen and oxygen atoms in total. The molecule has 0 spiro atoms. The number of hydrogen-bond acceptors (Lipinski definition) is 3. The number of methoxy groups -OCH3 is 1. The van der Waals surface area contributed by atoms with Gasteiger partial charge in [0.2, 0.25) is 0 Å². The summed E-state index contributed by atoms with van der Waals surface area (Å²) < 4.78 is 4.97. The van der Waals surface area contributed by atoms with Crippen LogP contribution in [0, 0.1) is 5.92 Å². The molecular weight excluding hydrogens is 334 g/mol. The summed E-state index contributed by atoms with van der Waals surface area (Å²) in [6, 6.07) is 2.28. The zero-order valence-electron chi connectivity index (χ0n) is 17.7. The number of ether oxygens (including phenoxy) is 1. The van der Waals surface area contributed by atoms with Crippen LogP contribution in [0.4, 0.5) is 0 Å². The molecular formula is C24H35NO2. The van der Waals surface area contributed by atoms with Crippen molar-refractivity contribution in [1.82, 2.24) is 4.98 Å². The number of rotatable bonds is 3. The van der Waals surface area contributed by atoms with Crippen LogP contribution in [0.1, 0.15) is 84.1 Å². The van der Waals surface area contributed by atoms with Crippen LogP contribution in [-0.2, 0) is 9.53 Å². The molecule has 0 aliphatic heterocycles. The van der Waals surface area contributed by atoms with E-state index in [4.69, 9.17) is 4.74 Å². The van der Waals surface area contributed by atoms with Gasteiger partial charge in [0, 0.05) is 18.5 Å². The highest BCUT2D eigenvalue weighted by molar-refractivity contribution is 5.69. The Kier molecular flexibility index (Phi) is 8.27. The van der Waals surface area contributed by atoms with E-state index in [1.54, 1.807) is 11.1 Å². The van der Waals surface area contributed by atoms with Crippen LogP contribution in [0.3, 0.4) is 0 Å².